The molecule has 0 spiro atoms. The van der Waals surface area contributed by atoms with E-state index in [1.807, 2.05) is 0 Å². The average Bonchev–Trinajstić information content (AvgIpc) is 3.01. The maximum absolute atomic E-state index is 2.47. The van der Waals surface area contributed by atoms with E-state index in [0.29, 0.717) is 5.41 Å². The molecule has 0 N–H and O–H groups in total. The van der Waals surface area contributed by atoms with Crippen LogP contribution in [0, 0.1) is 11.3 Å². The second-order valence-electron chi connectivity index (χ2n) is 7.57. The number of rotatable bonds is 3. The molecule has 115 valence electrons. The van der Waals surface area contributed by atoms with Gasteiger partial charge in [-0.3, -0.25) is 0 Å². The molecule has 0 aliphatic heterocycles. The summed E-state index contributed by atoms with van der Waals surface area (Å²) in [5.41, 5.74) is 7.92. The largest absolute Gasteiger partial charge is 0.0721 e. The van der Waals surface area contributed by atoms with Crippen molar-refractivity contribution in [1.82, 2.24) is 0 Å². The van der Waals surface area contributed by atoms with Gasteiger partial charge in [0.25, 0.3) is 0 Å². The Balaban J connectivity index is 0.00000156. The van der Waals surface area contributed by atoms with E-state index in [4.69, 9.17) is 0 Å². The summed E-state index contributed by atoms with van der Waals surface area (Å²) >= 11 is 0. The van der Waals surface area contributed by atoms with Crippen LogP contribution in [0.4, 0.5) is 0 Å². The van der Waals surface area contributed by atoms with E-state index >= 15 is 0 Å². The number of allylic oxidation sites excluding steroid dienone is 1. The third-order valence-corrected chi connectivity index (χ3v) is 5.05. The fourth-order valence-electron chi connectivity index (χ4n) is 3.97. The standard InChI is InChI=1S/C22H23.Hf/c1-22(2)14-19-12-18-11-10-17(21(18)13-20(19)15-22)9-8-16-6-4-3-5-7-16;/h3-7,10-13H,8-9,14-15H2,1-2H3;. The summed E-state index contributed by atoms with van der Waals surface area (Å²) in [6, 6.07) is 15.7. The summed E-state index contributed by atoms with van der Waals surface area (Å²) in [6.45, 7) is 4.77. The van der Waals surface area contributed by atoms with Crippen LogP contribution in [0.1, 0.15) is 48.1 Å². The van der Waals surface area contributed by atoms with Crippen molar-refractivity contribution in [2.45, 2.75) is 39.5 Å². The molecule has 0 amide bonds. The van der Waals surface area contributed by atoms with E-state index in [1.165, 1.54) is 35.4 Å². The number of aryl methyl sites for hydroxylation is 1. The van der Waals surface area contributed by atoms with Crippen LogP contribution in [0.5, 0.6) is 0 Å². The molecule has 23 heavy (non-hydrogen) atoms. The molecule has 4 rings (SSSR count). The molecular weight excluding hydrogens is 443 g/mol. The van der Waals surface area contributed by atoms with Crippen LogP contribution in [0.3, 0.4) is 0 Å². The molecule has 0 saturated carbocycles. The molecule has 0 fully saturated rings. The van der Waals surface area contributed by atoms with Gasteiger partial charge in [-0.05, 0) is 58.9 Å². The van der Waals surface area contributed by atoms with Gasteiger partial charge < -0.3 is 0 Å². The summed E-state index contributed by atoms with van der Waals surface area (Å²) in [5, 5.41) is 0. The van der Waals surface area contributed by atoms with Gasteiger partial charge in [-0.2, -0.15) is 0 Å². The zero-order chi connectivity index (χ0) is 15.2. The van der Waals surface area contributed by atoms with E-state index in [2.05, 4.69) is 68.5 Å². The second-order valence-corrected chi connectivity index (χ2v) is 7.57. The molecule has 2 aromatic rings. The molecule has 0 saturated heterocycles. The third kappa shape index (κ3) is 3.45. The SMILES string of the molecule is CC1(C)Cc2cc3c(cc2C1)[C](CCc1ccccc1)C=C3.[Hf]. The first kappa shape index (κ1) is 16.9. The Labute approximate surface area is 158 Å². The van der Waals surface area contributed by atoms with Crippen LogP contribution < -0.4 is 0 Å². The van der Waals surface area contributed by atoms with Gasteiger partial charge in [0.2, 0.25) is 0 Å². The summed E-state index contributed by atoms with van der Waals surface area (Å²) in [4.78, 5) is 0. The van der Waals surface area contributed by atoms with Gasteiger partial charge in [-0.25, -0.2) is 0 Å². The minimum Gasteiger partial charge on any atom is -0.0721 e. The van der Waals surface area contributed by atoms with E-state index in [1.54, 1.807) is 11.1 Å². The van der Waals surface area contributed by atoms with Crippen LogP contribution in [0.25, 0.3) is 6.08 Å². The Hall–Kier alpha value is -0.950. The fourth-order valence-corrected chi connectivity index (χ4v) is 3.97. The molecule has 0 nitrogen and oxygen atoms in total. The molecule has 1 radical (unpaired) electrons. The first-order valence-corrected chi connectivity index (χ1v) is 8.35. The van der Waals surface area contributed by atoms with E-state index in [9.17, 15) is 0 Å². The number of hydrogen-bond acceptors (Lipinski definition) is 0. The molecule has 0 aromatic heterocycles. The van der Waals surface area contributed by atoms with Crippen LogP contribution in [0.2, 0.25) is 0 Å². The van der Waals surface area contributed by atoms with Gasteiger partial charge in [-0.1, -0.05) is 68.5 Å². The minimum absolute atomic E-state index is 0. The fraction of sp³-hybridized carbons (Fsp3) is 0.318. The van der Waals surface area contributed by atoms with Crippen molar-refractivity contribution in [3.63, 3.8) is 0 Å². The van der Waals surface area contributed by atoms with Crippen LogP contribution in [-0.2, 0) is 45.1 Å². The van der Waals surface area contributed by atoms with E-state index in [-0.39, 0.29) is 25.8 Å². The Morgan fingerprint density at radius 2 is 1.57 bits per heavy atom. The van der Waals surface area contributed by atoms with Gasteiger partial charge in [0.1, 0.15) is 0 Å². The van der Waals surface area contributed by atoms with Crippen molar-refractivity contribution in [2.75, 3.05) is 0 Å². The third-order valence-electron chi connectivity index (χ3n) is 5.05. The summed E-state index contributed by atoms with van der Waals surface area (Å²) < 4.78 is 0. The van der Waals surface area contributed by atoms with E-state index < -0.39 is 0 Å². The Morgan fingerprint density at radius 3 is 2.30 bits per heavy atom. The van der Waals surface area contributed by atoms with Gasteiger partial charge in [-0.15, -0.1) is 0 Å². The monoisotopic (exact) mass is 467 g/mol. The maximum atomic E-state index is 2.47. The van der Waals surface area contributed by atoms with Crippen molar-refractivity contribution < 1.29 is 25.8 Å². The molecule has 2 aliphatic rings. The molecule has 0 unspecified atom stereocenters. The summed E-state index contributed by atoms with van der Waals surface area (Å²) in [7, 11) is 0. The normalized spacial score (nSPS) is 17.7. The predicted molar refractivity (Wildman–Crippen MR) is 93.8 cm³/mol. The minimum atomic E-state index is 0. The quantitative estimate of drug-likeness (QED) is 0.533. The van der Waals surface area contributed by atoms with Crippen LogP contribution in [-0.4, -0.2) is 0 Å². The van der Waals surface area contributed by atoms with Crippen molar-refractivity contribution in [2.24, 2.45) is 5.41 Å². The van der Waals surface area contributed by atoms with Crippen molar-refractivity contribution in [1.29, 1.82) is 0 Å². The average molecular weight is 466 g/mol. The first-order valence-electron chi connectivity index (χ1n) is 8.35. The number of fused-ring (bicyclic) bond motifs is 2. The Kier molecular flexibility index (Phi) is 4.78. The second kappa shape index (κ2) is 6.51. The zero-order valence-electron chi connectivity index (χ0n) is 14.0. The van der Waals surface area contributed by atoms with Gasteiger partial charge >= 0.3 is 0 Å². The molecule has 0 bridgehead atoms. The zero-order valence-corrected chi connectivity index (χ0v) is 17.6. The molecular formula is C22H23Hf. The molecule has 2 aliphatic carbocycles. The molecule has 1 heteroatoms. The topological polar surface area (TPSA) is 0 Å². The maximum Gasteiger partial charge on any atom is 0.0276 e. The smallest absolute Gasteiger partial charge is 0.0276 e. The molecule has 2 aromatic carbocycles. The van der Waals surface area contributed by atoms with Crippen LogP contribution >= 0.6 is 0 Å². The van der Waals surface area contributed by atoms with Crippen LogP contribution in [0.15, 0.2) is 48.5 Å². The number of benzene rings is 2. The van der Waals surface area contributed by atoms with E-state index in [0.717, 1.165) is 12.8 Å². The van der Waals surface area contributed by atoms with Gasteiger partial charge in [0.15, 0.2) is 0 Å². The first-order chi connectivity index (χ1) is 10.6. The van der Waals surface area contributed by atoms with Crippen molar-refractivity contribution in [3.8, 4) is 0 Å². The van der Waals surface area contributed by atoms with Crippen molar-refractivity contribution in [3.05, 3.63) is 82.3 Å². The number of hydrogen-bond donors (Lipinski definition) is 0. The van der Waals surface area contributed by atoms with Gasteiger partial charge in [0.05, 0.1) is 0 Å². The Bertz CT molecular complexity index is 725. The van der Waals surface area contributed by atoms with Crippen molar-refractivity contribution >= 4 is 6.08 Å². The molecule has 0 heterocycles. The summed E-state index contributed by atoms with van der Waals surface area (Å²) in [6.07, 6.45) is 9.35. The van der Waals surface area contributed by atoms with Gasteiger partial charge in [0, 0.05) is 31.8 Å². The predicted octanol–water partition coefficient (Wildman–Crippen LogP) is 5.39. The molecule has 0 atom stereocenters. The summed E-state index contributed by atoms with van der Waals surface area (Å²) in [5.74, 6) is 1.51. The Morgan fingerprint density at radius 1 is 0.870 bits per heavy atom.